The van der Waals surface area contributed by atoms with Crippen molar-refractivity contribution in [2.75, 3.05) is 30.4 Å². The third-order valence-electron chi connectivity index (χ3n) is 4.50. The number of nitro groups is 1. The second-order valence-electron chi connectivity index (χ2n) is 6.25. The average molecular weight is 391 g/mol. The molecule has 2 aromatic rings. The van der Waals surface area contributed by atoms with Crippen LogP contribution < -0.4 is 15.0 Å². The SMILES string of the molecule is COc1cc(N2CCCC(C(=O)Nc3ccc(Cl)cn3)C2)ccc1[N+](=O)[O-]. The number of anilines is 2. The van der Waals surface area contributed by atoms with Crippen LogP contribution in [-0.2, 0) is 4.79 Å². The minimum atomic E-state index is -0.478. The summed E-state index contributed by atoms with van der Waals surface area (Å²) in [6.45, 7) is 1.28. The standard InChI is InChI=1S/C18H19ClN4O4/c1-27-16-9-14(5-6-15(16)23(25)26)22-8-2-3-12(11-22)18(24)21-17-7-4-13(19)10-20-17/h4-7,9-10,12H,2-3,8,11H2,1H3,(H,20,21,24). The molecular weight excluding hydrogens is 372 g/mol. The number of aromatic nitrogens is 1. The maximum absolute atomic E-state index is 12.6. The number of halogens is 1. The van der Waals surface area contributed by atoms with Gasteiger partial charge in [0.25, 0.3) is 0 Å². The smallest absolute Gasteiger partial charge is 0.311 e. The molecule has 0 aliphatic carbocycles. The Morgan fingerprint density at radius 2 is 2.22 bits per heavy atom. The normalized spacial score (nSPS) is 16.7. The molecule has 1 aliphatic heterocycles. The van der Waals surface area contributed by atoms with Crippen molar-refractivity contribution in [1.82, 2.24) is 4.98 Å². The van der Waals surface area contributed by atoms with Crippen molar-refractivity contribution in [2.24, 2.45) is 5.92 Å². The van der Waals surface area contributed by atoms with Gasteiger partial charge in [-0.3, -0.25) is 14.9 Å². The summed E-state index contributed by atoms with van der Waals surface area (Å²) in [7, 11) is 1.40. The fraction of sp³-hybridized carbons (Fsp3) is 0.333. The molecule has 9 heteroatoms. The van der Waals surface area contributed by atoms with E-state index < -0.39 is 4.92 Å². The van der Waals surface area contributed by atoms with Gasteiger partial charge in [-0.15, -0.1) is 0 Å². The summed E-state index contributed by atoms with van der Waals surface area (Å²) in [6, 6.07) is 8.07. The lowest BCUT2D eigenvalue weighted by Gasteiger charge is -2.33. The Morgan fingerprint density at radius 3 is 2.89 bits per heavy atom. The summed E-state index contributed by atoms with van der Waals surface area (Å²) in [5.74, 6) is 0.341. The highest BCUT2D eigenvalue weighted by molar-refractivity contribution is 6.30. The van der Waals surface area contributed by atoms with E-state index in [0.717, 1.165) is 25.1 Å². The number of ether oxygens (including phenoxy) is 1. The molecule has 1 aliphatic rings. The molecule has 0 bridgehead atoms. The summed E-state index contributed by atoms with van der Waals surface area (Å²) < 4.78 is 5.13. The Kier molecular flexibility index (Phi) is 5.75. The van der Waals surface area contributed by atoms with E-state index in [9.17, 15) is 14.9 Å². The van der Waals surface area contributed by atoms with Crippen molar-refractivity contribution in [3.63, 3.8) is 0 Å². The van der Waals surface area contributed by atoms with Gasteiger partial charge in [0.05, 0.1) is 23.0 Å². The van der Waals surface area contributed by atoms with Crippen molar-refractivity contribution in [3.8, 4) is 5.75 Å². The van der Waals surface area contributed by atoms with Gasteiger partial charge >= 0.3 is 5.69 Å². The van der Waals surface area contributed by atoms with Crippen molar-refractivity contribution < 1.29 is 14.5 Å². The zero-order valence-electron chi connectivity index (χ0n) is 14.7. The molecule has 1 aromatic carbocycles. The van der Waals surface area contributed by atoms with Crippen LogP contribution in [0.5, 0.6) is 5.75 Å². The molecule has 2 heterocycles. The predicted octanol–water partition coefficient (Wildman–Crippen LogP) is 3.51. The second kappa shape index (κ2) is 8.22. The van der Waals surface area contributed by atoms with Crippen LogP contribution >= 0.6 is 11.6 Å². The van der Waals surface area contributed by atoms with Crippen LogP contribution in [-0.4, -0.2) is 36.0 Å². The average Bonchev–Trinajstić information content (AvgIpc) is 2.69. The largest absolute Gasteiger partial charge is 0.490 e. The highest BCUT2D eigenvalue weighted by Crippen LogP contribution is 2.33. The molecule has 3 rings (SSSR count). The first-order valence-corrected chi connectivity index (χ1v) is 8.85. The Labute approximate surface area is 161 Å². The number of amides is 1. The Balaban J connectivity index is 1.71. The van der Waals surface area contributed by atoms with E-state index >= 15 is 0 Å². The van der Waals surface area contributed by atoms with Crippen molar-refractivity contribution in [3.05, 3.63) is 51.7 Å². The minimum absolute atomic E-state index is 0.0821. The minimum Gasteiger partial charge on any atom is -0.490 e. The Morgan fingerprint density at radius 1 is 1.41 bits per heavy atom. The highest BCUT2D eigenvalue weighted by atomic mass is 35.5. The predicted molar refractivity (Wildman–Crippen MR) is 102 cm³/mol. The summed E-state index contributed by atoms with van der Waals surface area (Å²) >= 11 is 5.80. The van der Waals surface area contributed by atoms with Crippen LogP contribution in [0.1, 0.15) is 12.8 Å². The van der Waals surface area contributed by atoms with Gasteiger partial charge in [-0.2, -0.15) is 0 Å². The lowest BCUT2D eigenvalue weighted by atomic mass is 9.96. The first-order chi connectivity index (χ1) is 13.0. The maximum Gasteiger partial charge on any atom is 0.311 e. The second-order valence-corrected chi connectivity index (χ2v) is 6.69. The molecule has 1 unspecified atom stereocenters. The van der Waals surface area contributed by atoms with Crippen LogP contribution in [0.4, 0.5) is 17.2 Å². The zero-order valence-corrected chi connectivity index (χ0v) is 15.5. The number of pyridine rings is 1. The molecule has 1 amide bonds. The molecule has 1 saturated heterocycles. The van der Waals surface area contributed by atoms with Gasteiger partial charge in [0.15, 0.2) is 5.75 Å². The molecule has 0 radical (unpaired) electrons. The van der Waals surface area contributed by atoms with E-state index in [1.54, 1.807) is 24.3 Å². The molecular formula is C18H19ClN4O4. The molecule has 1 N–H and O–H groups in total. The number of hydrogen-bond donors (Lipinski definition) is 1. The number of rotatable bonds is 5. The number of nitrogens with zero attached hydrogens (tertiary/aromatic N) is 3. The molecule has 0 spiro atoms. The van der Waals surface area contributed by atoms with Gasteiger partial charge in [-0.05, 0) is 31.0 Å². The van der Waals surface area contributed by atoms with Crippen molar-refractivity contribution in [2.45, 2.75) is 12.8 Å². The number of methoxy groups -OCH3 is 1. The van der Waals surface area contributed by atoms with Gasteiger partial charge in [0.2, 0.25) is 5.91 Å². The lowest BCUT2D eigenvalue weighted by Crippen LogP contribution is -2.40. The molecule has 142 valence electrons. The summed E-state index contributed by atoms with van der Waals surface area (Å²) in [5.41, 5.74) is 0.709. The van der Waals surface area contributed by atoms with Crippen molar-refractivity contribution >= 4 is 34.7 Å². The first-order valence-electron chi connectivity index (χ1n) is 8.47. The number of carbonyl (C=O) groups excluding carboxylic acids is 1. The Hall–Kier alpha value is -2.87. The van der Waals surface area contributed by atoms with E-state index in [1.807, 2.05) is 4.90 Å². The summed E-state index contributed by atoms with van der Waals surface area (Å²) in [6.07, 6.45) is 3.08. The zero-order chi connectivity index (χ0) is 19.4. The lowest BCUT2D eigenvalue weighted by molar-refractivity contribution is -0.385. The van der Waals surface area contributed by atoms with Gasteiger partial charge in [0, 0.05) is 37.1 Å². The van der Waals surface area contributed by atoms with E-state index in [1.165, 1.54) is 19.4 Å². The van der Waals surface area contributed by atoms with Gasteiger partial charge in [-0.1, -0.05) is 11.6 Å². The topological polar surface area (TPSA) is 97.6 Å². The van der Waals surface area contributed by atoms with Crippen LogP contribution in [0.2, 0.25) is 5.02 Å². The third-order valence-corrected chi connectivity index (χ3v) is 4.72. The van der Waals surface area contributed by atoms with Gasteiger partial charge in [-0.25, -0.2) is 4.98 Å². The van der Waals surface area contributed by atoms with E-state index in [0.29, 0.717) is 17.4 Å². The molecule has 1 fully saturated rings. The van der Waals surface area contributed by atoms with E-state index in [4.69, 9.17) is 16.3 Å². The van der Waals surface area contributed by atoms with Crippen LogP contribution in [0.3, 0.4) is 0 Å². The van der Waals surface area contributed by atoms with Crippen LogP contribution in [0, 0.1) is 16.0 Å². The number of piperidine rings is 1. The molecule has 1 aromatic heterocycles. The maximum atomic E-state index is 12.6. The molecule has 0 saturated carbocycles. The van der Waals surface area contributed by atoms with Gasteiger partial charge < -0.3 is 15.0 Å². The van der Waals surface area contributed by atoms with Crippen LogP contribution in [0.15, 0.2) is 36.5 Å². The first kappa shape index (κ1) is 18.9. The molecule has 1 atom stereocenters. The quantitative estimate of drug-likeness (QED) is 0.619. The van der Waals surface area contributed by atoms with Crippen LogP contribution in [0.25, 0.3) is 0 Å². The number of carbonyl (C=O) groups is 1. The highest BCUT2D eigenvalue weighted by Gasteiger charge is 2.27. The number of hydrogen-bond acceptors (Lipinski definition) is 6. The monoisotopic (exact) mass is 390 g/mol. The number of nitrogens with one attached hydrogen (secondary N) is 1. The third kappa shape index (κ3) is 4.46. The van der Waals surface area contributed by atoms with E-state index in [-0.39, 0.29) is 23.3 Å². The summed E-state index contributed by atoms with van der Waals surface area (Å²) in [5, 5.41) is 14.4. The van der Waals surface area contributed by atoms with E-state index in [2.05, 4.69) is 10.3 Å². The number of nitro benzene ring substituents is 1. The fourth-order valence-corrected chi connectivity index (χ4v) is 3.23. The molecule has 27 heavy (non-hydrogen) atoms. The number of benzene rings is 1. The summed E-state index contributed by atoms with van der Waals surface area (Å²) in [4.78, 5) is 29.3. The Bertz CT molecular complexity index is 844. The molecule has 8 nitrogen and oxygen atoms in total. The fourth-order valence-electron chi connectivity index (χ4n) is 3.12. The van der Waals surface area contributed by atoms with Gasteiger partial charge in [0.1, 0.15) is 5.82 Å². The van der Waals surface area contributed by atoms with Crippen molar-refractivity contribution in [1.29, 1.82) is 0 Å².